The number of pyridine rings is 2. The summed E-state index contributed by atoms with van der Waals surface area (Å²) in [5.74, 6) is 0.317. The monoisotopic (exact) mass is 285 g/mol. The van der Waals surface area contributed by atoms with Gasteiger partial charge in [-0.15, -0.1) is 0 Å². The molecule has 0 aliphatic carbocycles. The highest BCUT2D eigenvalue weighted by molar-refractivity contribution is 5.96. The molecule has 0 aromatic carbocycles. The molecule has 1 aliphatic rings. The summed E-state index contributed by atoms with van der Waals surface area (Å²) >= 11 is 0. The van der Waals surface area contributed by atoms with Gasteiger partial charge in [-0.25, -0.2) is 4.98 Å². The van der Waals surface area contributed by atoms with Gasteiger partial charge < -0.3 is 9.88 Å². The van der Waals surface area contributed by atoms with Gasteiger partial charge in [0, 0.05) is 25.0 Å². The second kappa shape index (κ2) is 5.31. The van der Waals surface area contributed by atoms with Crippen LogP contribution in [0.5, 0.6) is 0 Å². The molecule has 0 bridgehead atoms. The van der Waals surface area contributed by atoms with Crippen LogP contribution in [0.2, 0.25) is 0 Å². The summed E-state index contributed by atoms with van der Waals surface area (Å²) in [5.41, 5.74) is 1.34. The minimum atomic E-state index is -0.237. The number of amides is 1. The number of nitrogens with zero attached hydrogens (tertiary/aromatic N) is 2. The number of aromatic nitrogens is 2. The number of piperidine rings is 1. The quantitative estimate of drug-likeness (QED) is 0.872. The molecule has 0 spiro atoms. The zero-order valence-electron chi connectivity index (χ0n) is 12.3. The van der Waals surface area contributed by atoms with Crippen LogP contribution in [0.3, 0.4) is 0 Å². The van der Waals surface area contributed by atoms with Crippen molar-refractivity contribution < 1.29 is 4.79 Å². The van der Waals surface area contributed by atoms with E-state index in [-0.39, 0.29) is 16.9 Å². The van der Waals surface area contributed by atoms with Crippen molar-refractivity contribution in [2.75, 3.05) is 13.1 Å². The van der Waals surface area contributed by atoms with E-state index in [4.69, 9.17) is 0 Å². The molecule has 21 heavy (non-hydrogen) atoms. The van der Waals surface area contributed by atoms with Gasteiger partial charge >= 0.3 is 0 Å². The Morgan fingerprint density at radius 1 is 1.43 bits per heavy atom. The summed E-state index contributed by atoms with van der Waals surface area (Å²) < 4.78 is 0. The first-order valence-electron chi connectivity index (χ1n) is 7.34. The van der Waals surface area contributed by atoms with Gasteiger partial charge in [-0.3, -0.25) is 9.59 Å². The van der Waals surface area contributed by atoms with Gasteiger partial charge in [0.2, 0.25) is 5.43 Å². The number of fused-ring (bicyclic) bond motifs is 1. The van der Waals surface area contributed by atoms with E-state index >= 15 is 0 Å². The lowest BCUT2D eigenvalue weighted by atomic mass is 9.99. The first-order valence-corrected chi connectivity index (χ1v) is 7.34. The SMILES string of the molecule is Cc1ccc2c(=O)c(C(=O)N3CCCC(C)C3)c[nH]c2n1. The van der Waals surface area contributed by atoms with Crippen molar-refractivity contribution in [3.8, 4) is 0 Å². The maximum absolute atomic E-state index is 12.6. The van der Waals surface area contributed by atoms with Crippen molar-refractivity contribution in [1.29, 1.82) is 0 Å². The fraction of sp³-hybridized carbons (Fsp3) is 0.438. The second-order valence-electron chi connectivity index (χ2n) is 5.88. The average Bonchev–Trinajstić information content (AvgIpc) is 2.47. The Bertz CT molecular complexity index is 751. The van der Waals surface area contributed by atoms with Gasteiger partial charge in [-0.05, 0) is 37.8 Å². The average molecular weight is 285 g/mol. The van der Waals surface area contributed by atoms with Crippen LogP contribution in [0.25, 0.3) is 11.0 Å². The number of carbonyl (C=O) groups excluding carboxylic acids is 1. The van der Waals surface area contributed by atoms with Crippen LogP contribution in [0.1, 0.15) is 35.8 Å². The van der Waals surface area contributed by atoms with Gasteiger partial charge in [0.05, 0.1) is 5.39 Å². The highest BCUT2D eigenvalue weighted by Crippen LogP contribution is 2.17. The van der Waals surface area contributed by atoms with Gasteiger partial charge in [-0.2, -0.15) is 0 Å². The molecule has 1 N–H and O–H groups in total. The molecule has 0 radical (unpaired) electrons. The number of hydrogen-bond acceptors (Lipinski definition) is 3. The zero-order chi connectivity index (χ0) is 15.0. The lowest BCUT2D eigenvalue weighted by Gasteiger charge is -2.30. The topological polar surface area (TPSA) is 66.1 Å². The van der Waals surface area contributed by atoms with E-state index in [1.54, 1.807) is 17.0 Å². The molecule has 1 unspecified atom stereocenters. The third-order valence-electron chi connectivity index (χ3n) is 4.05. The molecular formula is C16H19N3O2. The van der Waals surface area contributed by atoms with Crippen molar-refractivity contribution in [3.63, 3.8) is 0 Å². The Hall–Kier alpha value is -2.17. The molecule has 110 valence electrons. The van der Waals surface area contributed by atoms with E-state index < -0.39 is 0 Å². The van der Waals surface area contributed by atoms with Crippen LogP contribution in [0, 0.1) is 12.8 Å². The van der Waals surface area contributed by atoms with Gasteiger partial charge in [-0.1, -0.05) is 6.92 Å². The fourth-order valence-corrected chi connectivity index (χ4v) is 2.90. The van der Waals surface area contributed by atoms with E-state index in [0.29, 0.717) is 17.0 Å². The number of hydrogen-bond donors (Lipinski definition) is 1. The van der Waals surface area contributed by atoms with E-state index in [9.17, 15) is 9.59 Å². The largest absolute Gasteiger partial charge is 0.345 e. The van der Waals surface area contributed by atoms with Gasteiger partial charge in [0.1, 0.15) is 11.2 Å². The van der Waals surface area contributed by atoms with Gasteiger partial charge in [0.25, 0.3) is 5.91 Å². The zero-order valence-corrected chi connectivity index (χ0v) is 12.3. The summed E-state index contributed by atoms with van der Waals surface area (Å²) in [6.45, 7) is 5.46. The van der Waals surface area contributed by atoms with Crippen molar-refractivity contribution in [1.82, 2.24) is 14.9 Å². The number of likely N-dealkylation sites (tertiary alicyclic amines) is 1. The number of rotatable bonds is 1. The summed E-state index contributed by atoms with van der Waals surface area (Å²) in [4.78, 5) is 34.1. The number of carbonyl (C=O) groups is 1. The summed E-state index contributed by atoms with van der Waals surface area (Å²) in [7, 11) is 0. The fourth-order valence-electron chi connectivity index (χ4n) is 2.90. The van der Waals surface area contributed by atoms with E-state index in [1.165, 1.54) is 6.20 Å². The second-order valence-corrected chi connectivity index (χ2v) is 5.88. The Morgan fingerprint density at radius 3 is 3.00 bits per heavy atom. The lowest BCUT2D eigenvalue weighted by molar-refractivity contribution is 0.0681. The smallest absolute Gasteiger partial charge is 0.259 e. The number of aryl methyl sites for hydroxylation is 1. The predicted octanol–water partition coefficient (Wildman–Crippen LogP) is 2.10. The van der Waals surface area contributed by atoms with E-state index in [2.05, 4.69) is 16.9 Å². The Morgan fingerprint density at radius 2 is 2.24 bits per heavy atom. The van der Waals surface area contributed by atoms with Crippen LogP contribution in [0.4, 0.5) is 0 Å². The van der Waals surface area contributed by atoms with Crippen LogP contribution in [-0.2, 0) is 0 Å². The molecule has 2 aromatic heterocycles. The minimum absolute atomic E-state index is 0.176. The van der Waals surface area contributed by atoms with Crippen LogP contribution in [-0.4, -0.2) is 33.9 Å². The summed E-state index contributed by atoms with van der Waals surface area (Å²) in [5, 5.41) is 0.469. The van der Waals surface area contributed by atoms with Crippen molar-refractivity contribution >= 4 is 16.9 Å². The summed E-state index contributed by atoms with van der Waals surface area (Å²) in [6.07, 6.45) is 3.64. The molecule has 1 aliphatic heterocycles. The lowest BCUT2D eigenvalue weighted by Crippen LogP contribution is -2.41. The molecule has 3 heterocycles. The third kappa shape index (κ3) is 2.55. The maximum atomic E-state index is 12.6. The molecule has 1 atom stereocenters. The molecule has 1 saturated heterocycles. The molecule has 3 rings (SSSR count). The molecule has 1 fully saturated rings. The van der Waals surface area contributed by atoms with Crippen molar-refractivity contribution in [2.45, 2.75) is 26.7 Å². The Labute approximate surface area is 123 Å². The normalized spacial score (nSPS) is 19.0. The number of aromatic amines is 1. The molecule has 5 nitrogen and oxygen atoms in total. The first kappa shape index (κ1) is 13.8. The standard InChI is InChI=1S/C16H19N3O2/c1-10-4-3-7-19(9-10)16(21)13-8-17-15-12(14(13)20)6-5-11(2)18-15/h5-6,8,10H,3-4,7,9H2,1-2H3,(H,17,18,20). The van der Waals surface area contributed by atoms with E-state index in [1.807, 2.05) is 6.92 Å². The van der Waals surface area contributed by atoms with E-state index in [0.717, 1.165) is 31.6 Å². The maximum Gasteiger partial charge on any atom is 0.259 e. The third-order valence-corrected chi connectivity index (χ3v) is 4.05. The van der Waals surface area contributed by atoms with Crippen LogP contribution >= 0.6 is 0 Å². The Kier molecular flexibility index (Phi) is 3.49. The highest BCUT2D eigenvalue weighted by Gasteiger charge is 2.24. The number of H-pyrrole nitrogens is 1. The van der Waals surface area contributed by atoms with Crippen LogP contribution in [0.15, 0.2) is 23.1 Å². The Balaban J connectivity index is 2.00. The molecule has 2 aromatic rings. The van der Waals surface area contributed by atoms with Crippen molar-refractivity contribution in [3.05, 3.63) is 39.8 Å². The molecule has 0 saturated carbocycles. The van der Waals surface area contributed by atoms with Crippen molar-refractivity contribution in [2.24, 2.45) is 5.92 Å². The predicted molar refractivity (Wildman–Crippen MR) is 81.4 cm³/mol. The number of nitrogens with one attached hydrogen (secondary N) is 1. The molecular weight excluding hydrogens is 266 g/mol. The first-order chi connectivity index (χ1) is 10.1. The minimum Gasteiger partial charge on any atom is -0.345 e. The summed E-state index contributed by atoms with van der Waals surface area (Å²) in [6, 6.07) is 3.51. The molecule has 1 amide bonds. The van der Waals surface area contributed by atoms with Gasteiger partial charge in [0.15, 0.2) is 0 Å². The van der Waals surface area contributed by atoms with Crippen LogP contribution < -0.4 is 5.43 Å². The molecule has 5 heteroatoms. The highest BCUT2D eigenvalue weighted by atomic mass is 16.2.